The molecule has 0 N–H and O–H groups in total. The molecule has 0 fully saturated rings. The first kappa shape index (κ1) is 14.4. The molecule has 0 aliphatic carbocycles. The fourth-order valence-electron chi connectivity index (χ4n) is 1.19. The van der Waals surface area contributed by atoms with E-state index >= 15 is 0 Å². The van der Waals surface area contributed by atoms with Crippen molar-refractivity contribution in [1.82, 2.24) is 0 Å². The predicted molar refractivity (Wildman–Crippen MR) is 65.1 cm³/mol. The van der Waals surface area contributed by atoms with Gasteiger partial charge in [0.05, 0.1) is 22.5 Å². The van der Waals surface area contributed by atoms with Crippen molar-refractivity contribution in [2.45, 2.75) is 13.8 Å². The highest BCUT2D eigenvalue weighted by Crippen LogP contribution is 2.31. The van der Waals surface area contributed by atoms with Crippen LogP contribution in [-0.2, 0) is 4.74 Å². The summed E-state index contributed by atoms with van der Waals surface area (Å²) in [5.41, 5.74) is -0.938. The van der Waals surface area contributed by atoms with Gasteiger partial charge in [0.25, 0.3) is 5.69 Å². The van der Waals surface area contributed by atoms with Crippen molar-refractivity contribution in [1.29, 1.82) is 0 Å². The number of nitrogens with zero attached hydrogens (tertiary/aromatic N) is 3. The van der Waals surface area contributed by atoms with E-state index < -0.39 is 21.2 Å². The third kappa shape index (κ3) is 3.91. The second-order valence-corrected chi connectivity index (χ2v) is 3.30. The lowest BCUT2D eigenvalue weighted by molar-refractivity contribution is -0.394. The summed E-state index contributed by atoms with van der Waals surface area (Å²) in [6.07, 6.45) is 0. The van der Waals surface area contributed by atoms with Crippen molar-refractivity contribution in [2.24, 2.45) is 5.16 Å². The van der Waals surface area contributed by atoms with E-state index in [0.717, 1.165) is 18.2 Å². The van der Waals surface area contributed by atoms with Crippen LogP contribution in [0.3, 0.4) is 0 Å². The molecule has 0 saturated heterocycles. The number of benzene rings is 1. The molecule has 102 valence electrons. The molecule has 1 rings (SSSR count). The summed E-state index contributed by atoms with van der Waals surface area (Å²) in [7, 11) is 0. The molecule has 0 bridgehead atoms. The summed E-state index contributed by atoms with van der Waals surface area (Å²) in [6, 6.07) is 3.01. The first-order valence-electron chi connectivity index (χ1n) is 5.23. The van der Waals surface area contributed by atoms with Crippen LogP contribution in [0.15, 0.2) is 23.4 Å². The number of ether oxygens (including phenoxy) is 1. The van der Waals surface area contributed by atoms with E-state index in [4.69, 9.17) is 9.57 Å². The molecule has 0 aliphatic heterocycles. The summed E-state index contributed by atoms with van der Waals surface area (Å²) in [5, 5.41) is 24.8. The van der Waals surface area contributed by atoms with Crippen molar-refractivity contribution < 1.29 is 19.4 Å². The first-order valence-corrected chi connectivity index (χ1v) is 5.23. The van der Waals surface area contributed by atoms with Gasteiger partial charge in [0.1, 0.15) is 0 Å². The van der Waals surface area contributed by atoms with Crippen LogP contribution in [0.5, 0.6) is 5.75 Å². The van der Waals surface area contributed by atoms with Gasteiger partial charge in [0.15, 0.2) is 0 Å². The Morgan fingerprint density at radius 2 is 2.00 bits per heavy atom. The van der Waals surface area contributed by atoms with E-state index in [1.54, 1.807) is 6.92 Å². The van der Waals surface area contributed by atoms with Gasteiger partial charge in [-0.25, -0.2) is 0 Å². The fraction of sp³-hybridized carbons (Fsp3) is 0.300. The Kier molecular flexibility index (Phi) is 4.75. The molecule has 0 amide bonds. The minimum atomic E-state index is -0.784. The highest BCUT2D eigenvalue weighted by Gasteiger charge is 2.21. The Balaban J connectivity index is 3.04. The molecule has 19 heavy (non-hydrogen) atoms. The lowest BCUT2D eigenvalue weighted by Crippen LogP contribution is -2.02. The van der Waals surface area contributed by atoms with Gasteiger partial charge in [0.2, 0.25) is 11.6 Å². The van der Waals surface area contributed by atoms with Gasteiger partial charge in [-0.2, -0.15) is 0 Å². The molecule has 0 radical (unpaired) electrons. The summed E-state index contributed by atoms with van der Waals surface area (Å²) in [4.78, 5) is 24.7. The van der Waals surface area contributed by atoms with E-state index in [9.17, 15) is 20.2 Å². The smallest absolute Gasteiger partial charge is 0.321 e. The minimum Gasteiger partial charge on any atom is -0.479 e. The quantitative estimate of drug-likeness (QED) is 0.350. The average Bonchev–Trinajstić information content (AvgIpc) is 2.36. The number of nitro benzene ring substituents is 2. The van der Waals surface area contributed by atoms with Crippen LogP contribution in [0.25, 0.3) is 0 Å². The number of non-ortho nitro benzene ring substituents is 1. The van der Waals surface area contributed by atoms with E-state index in [1.807, 2.05) is 0 Å². The molecule has 9 heteroatoms. The molecule has 0 heterocycles. The maximum absolute atomic E-state index is 10.8. The molecule has 0 aromatic heterocycles. The highest BCUT2D eigenvalue weighted by molar-refractivity contribution is 5.72. The molecule has 0 atom stereocenters. The molecule has 0 saturated carbocycles. The number of nitro groups is 2. The Hall–Kier alpha value is -2.71. The second kappa shape index (κ2) is 6.28. The molecular weight excluding hydrogens is 258 g/mol. The lowest BCUT2D eigenvalue weighted by atomic mass is 10.2. The van der Waals surface area contributed by atoms with Crippen LogP contribution >= 0.6 is 0 Å². The van der Waals surface area contributed by atoms with Crippen LogP contribution in [0.2, 0.25) is 0 Å². The summed E-state index contributed by atoms with van der Waals surface area (Å²) in [6.45, 7) is 3.63. The Morgan fingerprint density at radius 1 is 1.32 bits per heavy atom. The number of rotatable bonds is 5. The van der Waals surface area contributed by atoms with E-state index in [1.165, 1.54) is 6.92 Å². The SMILES string of the molecule is CCO/C(C)=N\Oc1ccc([N+](=O)[O-])cc1[N+](=O)[O-]. The topological polar surface area (TPSA) is 117 Å². The molecule has 0 unspecified atom stereocenters. The van der Waals surface area contributed by atoms with Gasteiger partial charge in [0, 0.05) is 13.0 Å². The lowest BCUT2D eigenvalue weighted by Gasteiger charge is -2.03. The summed E-state index contributed by atoms with van der Waals surface area (Å²) < 4.78 is 4.97. The predicted octanol–water partition coefficient (Wildman–Crippen LogP) is 2.25. The first-order chi connectivity index (χ1) is 8.95. The number of hydrogen-bond acceptors (Lipinski definition) is 7. The van der Waals surface area contributed by atoms with Crippen LogP contribution < -0.4 is 4.84 Å². The molecular formula is C10H11N3O6. The Labute approximate surface area is 107 Å². The molecule has 0 aliphatic rings. The average molecular weight is 269 g/mol. The van der Waals surface area contributed by atoms with Gasteiger partial charge in [-0.3, -0.25) is 20.2 Å². The van der Waals surface area contributed by atoms with Crippen molar-refractivity contribution in [3.05, 3.63) is 38.4 Å². The van der Waals surface area contributed by atoms with Gasteiger partial charge < -0.3 is 9.57 Å². The van der Waals surface area contributed by atoms with E-state index in [-0.39, 0.29) is 11.6 Å². The van der Waals surface area contributed by atoms with Crippen molar-refractivity contribution in [3.8, 4) is 5.75 Å². The van der Waals surface area contributed by atoms with Gasteiger partial charge in [-0.05, 0) is 18.1 Å². The van der Waals surface area contributed by atoms with Crippen molar-refractivity contribution >= 4 is 17.3 Å². The third-order valence-electron chi connectivity index (χ3n) is 1.98. The van der Waals surface area contributed by atoms with Crippen molar-refractivity contribution in [2.75, 3.05) is 6.61 Å². The van der Waals surface area contributed by atoms with E-state index in [0.29, 0.717) is 6.61 Å². The fourth-order valence-corrected chi connectivity index (χ4v) is 1.19. The highest BCUT2D eigenvalue weighted by atomic mass is 16.7. The minimum absolute atomic E-state index is 0.190. The van der Waals surface area contributed by atoms with Crippen molar-refractivity contribution in [3.63, 3.8) is 0 Å². The largest absolute Gasteiger partial charge is 0.479 e. The molecule has 9 nitrogen and oxygen atoms in total. The van der Waals surface area contributed by atoms with E-state index in [2.05, 4.69) is 5.16 Å². The number of hydrogen-bond donors (Lipinski definition) is 0. The Bertz CT molecular complexity index is 528. The Morgan fingerprint density at radius 3 is 2.53 bits per heavy atom. The number of oxime groups is 1. The zero-order valence-electron chi connectivity index (χ0n) is 10.2. The summed E-state index contributed by atoms with van der Waals surface area (Å²) in [5.74, 6) is -0.00944. The third-order valence-corrected chi connectivity index (χ3v) is 1.98. The second-order valence-electron chi connectivity index (χ2n) is 3.30. The van der Waals surface area contributed by atoms with Gasteiger partial charge in [-0.15, -0.1) is 0 Å². The zero-order valence-corrected chi connectivity index (χ0v) is 10.2. The van der Waals surface area contributed by atoms with Gasteiger partial charge in [-0.1, -0.05) is 0 Å². The van der Waals surface area contributed by atoms with Crippen LogP contribution in [0, 0.1) is 20.2 Å². The van der Waals surface area contributed by atoms with Gasteiger partial charge >= 0.3 is 5.69 Å². The molecule has 0 spiro atoms. The molecule has 1 aromatic rings. The van der Waals surface area contributed by atoms with Crippen LogP contribution in [0.1, 0.15) is 13.8 Å². The van der Waals surface area contributed by atoms with Crippen LogP contribution in [-0.4, -0.2) is 22.4 Å². The monoisotopic (exact) mass is 269 g/mol. The maximum Gasteiger partial charge on any atom is 0.321 e. The maximum atomic E-state index is 10.8. The normalized spacial score (nSPS) is 10.9. The zero-order chi connectivity index (χ0) is 14.4. The van der Waals surface area contributed by atoms with Crippen LogP contribution in [0.4, 0.5) is 11.4 Å². The molecule has 1 aromatic carbocycles. The standard InChI is InChI=1S/C10H11N3O6/c1-3-18-7(2)11-19-10-5-4-8(12(14)15)6-9(10)13(16)17/h4-6H,3H2,1-2H3/b11-7-. The summed E-state index contributed by atoms with van der Waals surface area (Å²) >= 11 is 0.